The van der Waals surface area contributed by atoms with E-state index in [9.17, 15) is 5.11 Å². The zero-order chi connectivity index (χ0) is 11.9. The summed E-state index contributed by atoms with van der Waals surface area (Å²) < 4.78 is 0. The smallest absolute Gasteiger partial charge is 0.0802 e. The highest BCUT2D eigenvalue weighted by atomic mass is 35.5. The van der Waals surface area contributed by atoms with E-state index in [2.05, 4.69) is 4.90 Å². The van der Waals surface area contributed by atoms with Crippen molar-refractivity contribution < 1.29 is 5.11 Å². The highest BCUT2D eigenvalue weighted by Gasteiger charge is 2.51. The highest BCUT2D eigenvalue weighted by molar-refractivity contribution is 6.18. The summed E-state index contributed by atoms with van der Waals surface area (Å²) in [5, 5.41) is 9.70. The van der Waals surface area contributed by atoms with Crippen LogP contribution in [-0.4, -0.2) is 41.6 Å². The summed E-state index contributed by atoms with van der Waals surface area (Å²) >= 11 is 5.71. The molecule has 3 fully saturated rings. The second-order valence-corrected chi connectivity index (χ2v) is 6.90. The van der Waals surface area contributed by atoms with Gasteiger partial charge in [0.15, 0.2) is 0 Å². The molecule has 4 atom stereocenters. The van der Waals surface area contributed by atoms with Crippen molar-refractivity contribution in [1.29, 1.82) is 0 Å². The van der Waals surface area contributed by atoms with Gasteiger partial charge in [0.2, 0.25) is 0 Å². The zero-order valence-electron chi connectivity index (χ0n) is 11.0. The molecule has 0 amide bonds. The molecule has 1 N–H and O–H groups in total. The summed E-state index contributed by atoms with van der Waals surface area (Å²) in [4.78, 5) is 2.47. The molecule has 0 aromatic rings. The number of rotatable bonds is 3. The molecular formula is C14H25Cl2NO. The topological polar surface area (TPSA) is 23.5 Å². The minimum atomic E-state index is -0.342. The Bertz CT molecular complexity index is 289. The molecule has 106 valence electrons. The normalized spacial score (nSPS) is 41.0. The average molecular weight is 294 g/mol. The van der Waals surface area contributed by atoms with Crippen LogP contribution < -0.4 is 0 Å². The zero-order valence-corrected chi connectivity index (χ0v) is 12.6. The number of hydrogen-bond acceptors (Lipinski definition) is 2. The van der Waals surface area contributed by atoms with Gasteiger partial charge >= 0.3 is 0 Å². The van der Waals surface area contributed by atoms with E-state index in [0.717, 1.165) is 24.9 Å². The largest absolute Gasteiger partial charge is 0.391 e. The quantitative estimate of drug-likeness (QED) is 0.809. The van der Waals surface area contributed by atoms with Crippen LogP contribution in [0.25, 0.3) is 0 Å². The van der Waals surface area contributed by atoms with Crippen LogP contribution >= 0.6 is 24.0 Å². The molecule has 1 spiro atoms. The fourth-order valence-corrected chi connectivity index (χ4v) is 4.92. The monoisotopic (exact) mass is 293 g/mol. The minimum absolute atomic E-state index is 0. The lowest BCUT2D eigenvalue weighted by molar-refractivity contribution is 0.0175. The van der Waals surface area contributed by atoms with E-state index in [0.29, 0.717) is 11.3 Å². The van der Waals surface area contributed by atoms with Crippen molar-refractivity contribution in [2.75, 3.05) is 25.5 Å². The van der Waals surface area contributed by atoms with Gasteiger partial charge in [0.25, 0.3) is 0 Å². The maximum Gasteiger partial charge on any atom is 0.0802 e. The summed E-state index contributed by atoms with van der Waals surface area (Å²) in [6.45, 7) is 3.16. The Hall–Kier alpha value is 0.500. The Labute approximate surface area is 121 Å². The lowest BCUT2D eigenvalue weighted by atomic mass is 9.68. The lowest BCUT2D eigenvalue weighted by Gasteiger charge is -2.46. The van der Waals surface area contributed by atoms with E-state index < -0.39 is 0 Å². The van der Waals surface area contributed by atoms with Crippen LogP contribution in [0.2, 0.25) is 0 Å². The predicted molar refractivity (Wildman–Crippen MR) is 77.5 cm³/mol. The molecule has 3 aliphatic rings. The number of aliphatic hydroxyl groups excluding tert-OH is 1. The molecule has 4 heteroatoms. The molecule has 2 aliphatic carbocycles. The Morgan fingerprint density at radius 2 is 2.22 bits per heavy atom. The van der Waals surface area contributed by atoms with Crippen molar-refractivity contribution in [3.63, 3.8) is 0 Å². The highest BCUT2D eigenvalue weighted by Crippen LogP contribution is 2.59. The fraction of sp³-hybridized carbons (Fsp3) is 1.00. The molecule has 4 unspecified atom stereocenters. The SMILES string of the molecule is Cl.OC(CCl)CN1CCCC2(CC3CCC2C3)C1. The molecule has 18 heavy (non-hydrogen) atoms. The van der Waals surface area contributed by atoms with Gasteiger partial charge in [0, 0.05) is 19.0 Å². The molecule has 3 rings (SSSR count). The lowest BCUT2D eigenvalue weighted by Crippen LogP contribution is -2.48. The molecule has 1 saturated heterocycles. The third-order valence-corrected chi connectivity index (χ3v) is 5.79. The van der Waals surface area contributed by atoms with Crippen molar-refractivity contribution in [2.45, 2.75) is 44.6 Å². The van der Waals surface area contributed by atoms with Gasteiger partial charge in [0.05, 0.1) is 6.10 Å². The van der Waals surface area contributed by atoms with E-state index >= 15 is 0 Å². The Morgan fingerprint density at radius 1 is 1.39 bits per heavy atom. The number of nitrogens with zero attached hydrogens (tertiary/aromatic N) is 1. The van der Waals surface area contributed by atoms with Crippen LogP contribution in [0, 0.1) is 17.3 Å². The van der Waals surface area contributed by atoms with Gasteiger partial charge in [-0.3, -0.25) is 0 Å². The van der Waals surface area contributed by atoms with Crippen molar-refractivity contribution >= 4 is 24.0 Å². The number of alkyl halides is 1. The van der Waals surface area contributed by atoms with Gasteiger partial charge in [-0.05, 0) is 55.9 Å². The summed E-state index contributed by atoms with van der Waals surface area (Å²) in [6.07, 6.45) is 8.31. The van der Waals surface area contributed by atoms with Gasteiger partial charge in [-0.25, -0.2) is 0 Å². The predicted octanol–water partition coefficient (Wildman–Crippen LogP) is 2.91. The van der Waals surface area contributed by atoms with Crippen LogP contribution in [0.1, 0.15) is 38.5 Å². The number of likely N-dealkylation sites (tertiary alicyclic amines) is 1. The molecule has 0 aromatic carbocycles. The van der Waals surface area contributed by atoms with E-state index in [1.54, 1.807) is 0 Å². The molecule has 2 saturated carbocycles. The van der Waals surface area contributed by atoms with Crippen LogP contribution in [0.15, 0.2) is 0 Å². The number of piperidine rings is 1. The van der Waals surface area contributed by atoms with Crippen LogP contribution in [0.4, 0.5) is 0 Å². The molecular weight excluding hydrogens is 269 g/mol. The van der Waals surface area contributed by atoms with Gasteiger partial charge in [-0.1, -0.05) is 6.42 Å². The molecule has 2 bridgehead atoms. The number of aliphatic hydroxyl groups is 1. The van der Waals surface area contributed by atoms with Crippen molar-refractivity contribution in [2.24, 2.45) is 17.3 Å². The maximum absolute atomic E-state index is 9.70. The second-order valence-electron chi connectivity index (χ2n) is 6.59. The van der Waals surface area contributed by atoms with Crippen LogP contribution in [-0.2, 0) is 0 Å². The first-order valence-electron chi connectivity index (χ1n) is 7.18. The van der Waals surface area contributed by atoms with Crippen molar-refractivity contribution in [3.8, 4) is 0 Å². The first-order chi connectivity index (χ1) is 8.22. The Morgan fingerprint density at radius 3 is 2.83 bits per heavy atom. The Balaban J connectivity index is 0.00000120. The first-order valence-corrected chi connectivity index (χ1v) is 7.72. The first kappa shape index (κ1) is 14.9. The van der Waals surface area contributed by atoms with Crippen LogP contribution in [0.3, 0.4) is 0 Å². The average Bonchev–Trinajstić information content (AvgIpc) is 2.89. The molecule has 2 nitrogen and oxygen atoms in total. The summed E-state index contributed by atoms with van der Waals surface area (Å²) in [6, 6.07) is 0. The minimum Gasteiger partial charge on any atom is -0.391 e. The number of β-amino-alcohol motifs (C(OH)–C–C–N with tert-alkyl or cyclic N) is 1. The maximum atomic E-state index is 9.70. The Kier molecular flexibility index (Phi) is 4.86. The molecule has 0 radical (unpaired) electrons. The number of fused-ring (bicyclic) bond motifs is 3. The van der Waals surface area contributed by atoms with Crippen LogP contribution in [0.5, 0.6) is 0 Å². The third kappa shape index (κ3) is 2.67. The molecule has 0 aromatic heterocycles. The van der Waals surface area contributed by atoms with E-state index in [1.807, 2.05) is 0 Å². The third-order valence-electron chi connectivity index (χ3n) is 5.44. The van der Waals surface area contributed by atoms with Gasteiger partial charge < -0.3 is 10.0 Å². The van der Waals surface area contributed by atoms with Crippen molar-refractivity contribution in [3.05, 3.63) is 0 Å². The molecule has 1 heterocycles. The van der Waals surface area contributed by atoms with E-state index in [-0.39, 0.29) is 18.5 Å². The summed E-state index contributed by atoms with van der Waals surface area (Å²) in [5.74, 6) is 2.39. The van der Waals surface area contributed by atoms with E-state index in [1.165, 1.54) is 45.1 Å². The summed E-state index contributed by atoms with van der Waals surface area (Å²) in [5.41, 5.74) is 0.618. The van der Waals surface area contributed by atoms with Gasteiger partial charge in [-0.2, -0.15) is 0 Å². The van der Waals surface area contributed by atoms with Crippen molar-refractivity contribution in [1.82, 2.24) is 4.90 Å². The molecule has 1 aliphatic heterocycles. The summed E-state index contributed by atoms with van der Waals surface area (Å²) in [7, 11) is 0. The van der Waals surface area contributed by atoms with Gasteiger partial charge in [-0.15, -0.1) is 24.0 Å². The number of halogens is 2. The number of hydrogen-bond donors (Lipinski definition) is 1. The van der Waals surface area contributed by atoms with Gasteiger partial charge in [0.1, 0.15) is 0 Å². The standard InChI is InChI=1S/C14H24ClNO.ClH/c15-8-13(17)9-16-5-1-4-14(10-16)7-11-2-3-12(14)6-11;/h11-13,17H,1-10H2;1H. The fourth-order valence-electron chi connectivity index (χ4n) is 4.82. The second kappa shape index (κ2) is 5.87. The van der Waals surface area contributed by atoms with E-state index in [4.69, 9.17) is 11.6 Å².